The fourth-order valence-electron chi connectivity index (χ4n) is 11.8. The third-order valence-corrected chi connectivity index (χ3v) is 15.8. The molecule has 9 aromatic carbocycles. The van der Waals surface area contributed by atoms with Crippen molar-refractivity contribution in [2.75, 3.05) is 14.7 Å². The molecule has 0 bridgehead atoms. The Morgan fingerprint density at radius 2 is 0.973 bits per heavy atom. The summed E-state index contributed by atoms with van der Waals surface area (Å²) in [5, 5.41) is 0. The highest BCUT2D eigenvalue weighted by Crippen LogP contribution is 2.52. The fraction of sp³-hybridized carbons (Fsp3) is 0.217. The Balaban J connectivity index is 1.11. The van der Waals surface area contributed by atoms with Gasteiger partial charge in [0.1, 0.15) is 0 Å². The van der Waals surface area contributed by atoms with Crippen LogP contribution in [0.1, 0.15) is 111 Å². The number of hydrogen-bond acceptors (Lipinski definition) is 3. The van der Waals surface area contributed by atoms with Gasteiger partial charge in [0.2, 0.25) is 0 Å². The maximum Gasteiger partial charge on any atom is 0.252 e. The van der Waals surface area contributed by atoms with Crippen LogP contribution < -0.4 is 31.1 Å². The molecular formula is C69H66BN3. The topological polar surface area (TPSA) is 9.72 Å². The lowest BCUT2D eigenvalue weighted by molar-refractivity contribution is 0.590. The van der Waals surface area contributed by atoms with Gasteiger partial charge in [0.05, 0.1) is 6.85 Å². The normalized spacial score (nSPS) is 15.2. The van der Waals surface area contributed by atoms with E-state index in [-0.39, 0.29) is 58.1 Å². The zero-order chi connectivity index (χ0) is 55.1. The molecule has 3 aliphatic rings. The minimum Gasteiger partial charge on any atom is -0.311 e. The van der Waals surface area contributed by atoms with Crippen molar-refractivity contribution in [2.45, 2.75) is 97.8 Å². The largest absolute Gasteiger partial charge is 0.311 e. The van der Waals surface area contributed by atoms with E-state index in [4.69, 9.17) is 6.85 Å². The van der Waals surface area contributed by atoms with Crippen LogP contribution in [-0.4, -0.2) is 6.71 Å². The maximum absolute atomic E-state index is 8.81. The molecule has 1 aliphatic carbocycles. The van der Waals surface area contributed by atoms with Crippen molar-refractivity contribution < 1.29 is 6.85 Å². The van der Waals surface area contributed by atoms with Gasteiger partial charge in [-0.25, -0.2) is 0 Å². The maximum atomic E-state index is 8.81. The highest BCUT2D eigenvalue weighted by atomic mass is 15.2. The van der Waals surface area contributed by atoms with Crippen LogP contribution in [0.3, 0.4) is 0 Å². The number of fused-ring (bicyclic) bond motifs is 7. The molecule has 0 amide bonds. The summed E-state index contributed by atoms with van der Waals surface area (Å²) < 4.78 is 42.8. The lowest BCUT2D eigenvalue weighted by atomic mass is 9.33. The van der Waals surface area contributed by atoms with E-state index in [1.165, 1.54) is 61.0 Å². The van der Waals surface area contributed by atoms with Crippen molar-refractivity contribution in [1.29, 1.82) is 0 Å². The Labute approximate surface area is 441 Å². The zero-order valence-corrected chi connectivity index (χ0v) is 44.1. The Hall–Kier alpha value is -7.56. The van der Waals surface area contributed by atoms with E-state index in [9.17, 15) is 0 Å². The molecule has 9 aromatic rings. The standard InChI is InChI=1S/C69H66BN3/c1-66(2,3)47-26-33-51(34-27-47)71(50-31-24-46(25-32-50)45-18-13-12-14-19-45)54-38-40-59-64(44-54)73(53-37-39-56-55-20-15-16-21-57(55)69(10,11)58(56)43-53)63-23-17-22-62-65(63)70(59)60-42-49(68(7,8)9)30-41-61(60)72(62)52-35-28-48(29-36-52)67(4,5)6/h12-44H,1-11H3/i12D,13D,14D,18D,19D. The molecule has 73 heavy (non-hydrogen) atoms. The number of rotatable bonds is 6. The molecule has 0 saturated heterocycles. The van der Waals surface area contributed by atoms with Gasteiger partial charge in [-0.3, -0.25) is 0 Å². The molecule has 2 aliphatic heterocycles. The summed E-state index contributed by atoms with van der Waals surface area (Å²) in [6.45, 7) is 25.0. The molecule has 2 heterocycles. The number of nitrogens with zero attached hydrogens (tertiary/aromatic N) is 3. The van der Waals surface area contributed by atoms with Crippen LogP contribution in [-0.2, 0) is 21.7 Å². The number of anilines is 9. The fourth-order valence-corrected chi connectivity index (χ4v) is 11.8. The minimum absolute atomic E-state index is 0.00880. The van der Waals surface area contributed by atoms with Crippen LogP contribution in [0, 0.1) is 0 Å². The molecule has 360 valence electrons. The summed E-state index contributed by atoms with van der Waals surface area (Å²) in [5.41, 5.74) is 22.6. The molecule has 12 rings (SSSR count). The highest BCUT2D eigenvalue weighted by Gasteiger charge is 2.45. The second-order valence-corrected chi connectivity index (χ2v) is 24.0. The van der Waals surface area contributed by atoms with Gasteiger partial charge in [-0.05, 0) is 162 Å². The smallest absolute Gasteiger partial charge is 0.252 e. The molecule has 0 radical (unpaired) electrons. The Morgan fingerprint density at radius 1 is 0.425 bits per heavy atom. The van der Waals surface area contributed by atoms with E-state index in [0.29, 0.717) is 5.56 Å². The molecule has 4 heteroatoms. The molecule has 0 saturated carbocycles. The first-order valence-corrected chi connectivity index (χ1v) is 25.9. The average Bonchev–Trinajstić information content (AvgIpc) is 3.53. The lowest BCUT2D eigenvalue weighted by Crippen LogP contribution is -2.61. The van der Waals surface area contributed by atoms with Gasteiger partial charge in [0, 0.05) is 56.6 Å². The van der Waals surface area contributed by atoms with Crippen molar-refractivity contribution in [3.8, 4) is 22.3 Å². The average molecular weight is 953 g/mol. The van der Waals surface area contributed by atoms with Gasteiger partial charge in [-0.15, -0.1) is 0 Å². The van der Waals surface area contributed by atoms with E-state index in [1.54, 1.807) is 0 Å². The predicted molar refractivity (Wildman–Crippen MR) is 314 cm³/mol. The Morgan fingerprint density at radius 3 is 1.62 bits per heavy atom. The molecule has 3 nitrogen and oxygen atoms in total. The van der Waals surface area contributed by atoms with Crippen LogP contribution in [0.2, 0.25) is 0 Å². The van der Waals surface area contributed by atoms with Gasteiger partial charge < -0.3 is 14.7 Å². The van der Waals surface area contributed by atoms with E-state index >= 15 is 0 Å². The molecule has 0 unspecified atom stereocenters. The predicted octanol–water partition coefficient (Wildman–Crippen LogP) is 17.1. The first kappa shape index (κ1) is 41.0. The Kier molecular flexibility index (Phi) is 9.40. The van der Waals surface area contributed by atoms with E-state index in [1.807, 2.05) is 24.3 Å². The number of hydrogen-bond donors (Lipinski definition) is 0. The molecular weight excluding hydrogens is 882 g/mol. The van der Waals surface area contributed by atoms with Gasteiger partial charge in [0.25, 0.3) is 6.71 Å². The van der Waals surface area contributed by atoms with Gasteiger partial charge in [-0.1, -0.05) is 197 Å². The molecule has 0 atom stereocenters. The summed E-state index contributed by atoms with van der Waals surface area (Å²) in [6.07, 6.45) is 0. The molecule has 0 spiro atoms. The summed E-state index contributed by atoms with van der Waals surface area (Å²) >= 11 is 0. The van der Waals surface area contributed by atoms with E-state index < -0.39 is 6.04 Å². The van der Waals surface area contributed by atoms with Crippen LogP contribution in [0.25, 0.3) is 22.3 Å². The summed E-state index contributed by atoms with van der Waals surface area (Å²) in [7, 11) is 0. The van der Waals surface area contributed by atoms with Crippen LogP contribution in [0.5, 0.6) is 0 Å². The zero-order valence-electron chi connectivity index (χ0n) is 49.1. The van der Waals surface area contributed by atoms with Crippen LogP contribution in [0.15, 0.2) is 200 Å². The summed E-state index contributed by atoms with van der Waals surface area (Å²) in [5.74, 6) is 0. The van der Waals surface area contributed by atoms with Crippen molar-refractivity contribution in [2.24, 2.45) is 0 Å². The van der Waals surface area contributed by atoms with Crippen molar-refractivity contribution in [3.63, 3.8) is 0 Å². The third-order valence-electron chi connectivity index (χ3n) is 15.8. The summed E-state index contributed by atoms with van der Waals surface area (Å²) in [6, 6.07) is 61.1. The first-order chi connectivity index (χ1) is 36.9. The minimum atomic E-state index is -0.404. The first-order valence-electron chi connectivity index (χ1n) is 28.4. The van der Waals surface area contributed by atoms with E-state index in [0.717, 1.165) is 45.5 Å². The van der Waals surface area contributed by atoms with Crippen molar-refractivity contribution in [1.82, 2.24) is 0 Å². The van der Waals surface area contributed by atoms with Crippen LogP contribution >= 0.6 is 0 Å². The van der Waals surface area contributed by atoms with Crippen molar-refractivity contribution in [3.05, 3.63) is 228 Å². The molecule has 0 aromatic heterocycles. The monoisotopic (exact) mass is 953 g/mol. The Bertz CT molecular complexity index is 3870. The van der Waals surface area contributed by atoms with Crippen molar-refractivity contribution >= 4 is 74.3 Å². The second-order valence-electron chi connectivity index (χ2n) is 24.0. The van der Waals surface area contributed by atoms with Gasteiger partial charge in [-0.2, -0.15) is 0 Å². The highest BCUT2D eigenvalue weighted by molar-refractivity contribution is 7.00. The van der Waals surface area contributed by atoms with Crippen LogP contribution in [0.4, 0.5) is 51.2 Å². The van der Waals surface area contributed by atoms with Gasteiger partial charge in [0.15, 0.2) is 0 Å². The SMILES string of the molecule is [2H]c1c([2H])c([2H])c(-c2ccc(N(c3ccc(C(C)(C)C)cc3)c3ccc4c(c3)N(c3ccc5c(c3)C(C)(C)c3ccccc3-5)c3cccc5c3B4c3cc(C(C)(C)C)ccc3N5c3ccc(C(C)(C)C)cc3)cc2)c([2H])c1[2H]. The molecule has 0 fully saturated rings. The molecule has 0 N–H and O–H groups in total. The second kappa shape index (κ2) is 16.8. The third kappa shape index (κ3) is 7.72. The lowest BCUT2D eigenvalue weighted by Gasteiger charge is -2.45. The van der Waals surface area contributed by atoms with Gasteiger partial charge >= 0.3 is 0 Å². The summed E-state index contributed by atoms with van der Waals surface area (Å²) in [4.78, 5) is 7.27. The quantitative estimate of drug-likeness (QED) is 0.154. The number of benzene rings is 9. The van der Waals surface area contributed by atoms with E-state index in [2.05, 4.69) is 236 Å².